The van der Waals surface area contributed by atoms with Gasteiger partial charge in [-0.1, -0.05) is 0 Å². The van der Waals surface area contributed by atoms with Gasteiger partial charge in [0.1, 0.15) is 6.54 Å². The minimum absolute atomic E-state index is 0.0162. The van der Waals surface area contributed by atoms with Crippen molar-refractivity contribution in [3.05, 3.63) is 4.73 Å². The molecule has 0 atom stereocenters. The van der Waals surface area contributed by atoms with E-state index < -0.39 is 13.0 Å². The lowest BCUT2D eigenvalue weighted by atomic mass is 10.7. The van der Waals surface area contributed by atoms with Crippen molar-refractivity contribution in [3.63, 3.8) is 0 Å². The Hall–Kier alpha value is -0.720. The number of hydrogen-bond acceptors (Lipinski definition) is 3. The summed E-state index contributed by atoms with van der Waals surface area (Å²) < 4.78 is 24.7. The van der Waals surface area contributed by atoms with E-state index in [-0.39, 0.29) is 10.7 Å². The second-order valence-corrected chi connectivity index (χ2v) is 2.52. The summed E-state index contributed by atoms with van der Waals surface area (Å²) in [7, 11) is 0. The summed E-state index contributed by atoms with van der Waals surface area (Å²) in [4.78, 5) is 3.58. The van der Waals surface area contributed by atoms with E-state index in [2.05, 4.69) is 26.0 Å². The van der Waals surface area contributed by atoms with Crippen LogP contribution in [-0.2, 0) is 6.54 Å². The largest absolute Gasteiger partial charge is 0.366 e. The Morgan fingerprint density at radius 1 is 1.64 bits per heavy atom. The van der Waals surface area contributed by atoms with Gasteiger partial charge in [-0.3, -0.25) is 0 Å². The normalized spacial score (nSPS) is 10.9. The van der Waals surface area contributed by atoms with Crippen LogP contribution in [0.3, 0.4) is 0 Å². The van der Waals surface area contributed by atoms with Crippen molar-refractivity contribution in [1.82, 2.24) is 14.8 Å². The summed E-state index contributed by atoms with van der Waals surface area (Å²) in [5.41, 5.74) is 5.14. The predicted octanol–water partition coefficient (Wildman–Crippen LogP) is 0.888. The number of anilines is 1. The fourth-order valence-corrected chi connectivity index (χ4v) is 0.992. The van der Waals surface area contributed by atoms with Crippen LogP contribution in [0.15, 0.2) is 4.73 Å². The van der Waals surface area contributed by atoms with Crippen molar-refractivity contribution < 1.29 is 8.78 Å². The molecule has 1 aromatic heterocycles. The molecule has 7 heteroatoms. The van der Waals surface area contributed by atoms with Crippen LogP contribution in [0.5, 0.6) is 0 Å². The Labute approximate surface area is 69.5 Å². The zero-order valence-electron chi connectivity index (χ0n) is 5.34. The summed E-state index contributed by atoms with van der Waals surface area (Å²) in [5.74, 6) is -0.0162. The van der Waals surface area contributed by atoms with E-state index in [1.54, 1.807) is 0 Å². The van der Waals surface area contributed by atoms with E-state index in [1.807, 2.05) is 0 Å². The summed E-state index contributed by atoms with van der Waals surface area (Å²) in [5, 5.41) is 3.51. The van der Waals surface area contributed by atoms with Crippen molar-refractivity contribution in [2.75, 3.05) is 5.73 Å². The third kappa shape index (κ3) is 2.11. The number of nitrogen functional groups attached to an aromatic ring is 1. The second-order valence-electron chi connectivity index (χ2n) is 1.81. The van der Waals surface area contributed by atoms with Gasteiger partial charge < -0.3 is 5.73 Å². The number of hydrogen-bond donors (Lipinski definition) is 1. The average Bonchev–Trinajstić information content (AvgIpc) is 2.09. The molecule has 62 valence electrons. The monoisotopic (exact) mass is 226 g/mol. The lowest BCUT2D eigenvalue weighted by Gasteiger charge is -1.98. The summed E-state index contributed by atoms with van der Waals surface area (Å²) in [6, 6.07) is 0. The molecule has 0 aliphatic carbocycles. The number of aromatic nitrogens is 3. The van der Waals surface area contributed by atoms with Crippen LogP contribution in [0.25, 0.3) is 0 Å². The van der Waals surface area contributed by atoms with Crippen LogP contribution in [-0.4, -0.2) is 21.2 Å². The van der Waals surface area contributed by atoms with Crippen molar-refractivity contribution in [1.29, 1.82) is 0 Å². The lowest BCUT2D eigenvalue weighted by Crippen LogP contribution is -2.08. The van der Waals surface area contributed by atoms with E-state index in [9.17, 15) is 8.78 Å². The molecule has 0 aromatic carbocycles. The van der Waals surface area contributed by atoms with E-state index in [1.165, 1.54) is 0 Å². The fourth-order valence-electron chi connectivity index (χ4n) is 0.586. The Balaban J connectivity index is 2.77. The molecule has 0 aliphatic heterocycles. The maximum Gasteiger partial charge on any atom is 0.258 e. The minimum Gasteiger partial charge on any atom is -0.366 e. The Bertz CT molecular complexity index is 248. The molecule has 4 nitrogen and oxygen atoms in total. The third-order valence-electron chi connectivity index (χ3n) is 0.954. The zero-order valence-corrected chi connectivity index (χ0v) is 6.92. The van der Waals surface area contributed by atoms with Crippen molar-refractivity contribution in [2.45, 2.75) is 13.0 Å². The van der Waals surface area contributed by atoms with Gasteiger partial charge in [0.05, 0.1) is 0 Å². The molecule has 0 saturated carbocycles. The number of halogens is 3. The van der Waals surface area contributed by atoms with Crippen LogP contribution < -0.4 is 5.73 Å². The maximum atomic E-state index is 11.8. The van der Waals surface area contributed by atoms with E-state index in [0.717, 1.165) is 4.68 Å². The first-order valence-electron chi connectivity index (χ1n) is 2.73. The molecular weight excluding hydrogens is 222 g/mol. The maximum absolute atomic E-state index is 11.8. The summed E-state index contributed by atoms with van der Waals surface area (Å²) in [6.07, 6.45) is -2.45. The molecule has 0 radical (unpaired) electrons. The topological polar surface area (TPSA) is 56.7 Å². The molecule has 1 aromatic rings. The molecule has 0 aliphatic rings. The van der Waals surface area contributed by atoms with Gasteiger partial charge >= 0.3 is 0 Å². The first kappa shape index (κ1) is 8.38. The molecule has 0 saturated heterocycles. The van der Waals surface area contributed by atoms with E-state index in [0.29, 0.717) is 0 Å². The molecule has 0 spiro atoms. The summed E-state index contributed by atoms with van der Waals surface area (Å²) in [6.45, 7) is -0.495. The number of nitrogens with two attached hydrogens (primary N) is 1. The molecular formula is C4H5BrF2N4. The van der Waals surface area contributed by atoms with Gasteiger partial charge in [-0.05, 0) is 15.9 Å². The quantitative estimate of drug-likeness (QED) is 0.815. The smallest absolute Gasteiger partial charge is 0.258 e. The van der Waals surface area contributed by atoms with E-state index >= 15 is 0 Å². The molecule has 0 unspecified atom stereocenters. The van der Waals surface area contributed by atoms with Gasteiger partial charge in [0.25, 0.3) is 6.43 Å². The molecule has 2 N–H and O–H groups in total. The number of nitrogens with zero attached hydrogens (tertiary/aromatic N) is 3. The van der Waals surface area contributed by atoms with E-state index in [4.69, 9.17) is 5.73 Å². The first-order chi connectivity index (χ1) is 5.09. The van der Waals surface area contributed by atoms with Gasteiger partial charge in [-0.25, -0.2) is 13.5 Å². The van der Waals surface area contributed by atoms with Crippen LogP contribution in [0.1, 0.15) is 0 Å². The van der Waals surface area contributed by atoms with Crippen molar-refractivity contribution >= 4 is 21.9 Å². The fraction of sp³-hybridized carbons (Fsp3) is 0.500. The van der Waals surface area contributed by atoms with Gasteiger partial charge in [0.15, 0.2) is 4.73 Å². The minimum atomic E-state index is -2.45. The van der Waals surface area contributed by atoms with Crippen molar-refractivity contribution in [2.24, 2.45) is 0 Å². The standard InChI is InChI=1S/C4H5BrF2N4/c5-3-9-4(8)10-11(3)1-2(6)7/h2H,1H2,(H2,8,10). The molecule has 1 rings (SSSR count). The average molecular weight is 227 g/mol. The molecule has 11 heavy (non-hydrogen) atoms. The highest BCUT2D eigenvalue weighted by molar-refractivity contribution is 9.10. The third-order valence-corrected chi connectivity index (χ3v) is 1.54. The highest BCUT2D eigenvalue weighted by Gasteiger charge is 2.09. The van der Waals surface area contributed by atoms with Crippen molar-refractivity contribution in [3.8, 4) is 0 Å². The van der Waals surface area contributed by atoms with Gasteiger partial charge in [-0.2, -0.15) is 4.98 Å². The molecule has 0 fully saturated rings. The Morgan fingerprint density at radius 2 is 2.27 bits per heavy atom. The van der Waals surface area contributed by atoms with Crippen LogP contribution in [0.2, 0.25) is 0 Å². The predicted molar refractivity (Wildman–Crippen MR) is 38.1 cm³/mol. The zero-order chi connectivity index (χ0) is 8.43. The lowest BCUT2D eigenvalue weighted by molar-refractivity contribution is 0.121. The van der Waals surface area contributed by atoms with Gasteiger partial charge in [-0.15, -0.1) is 5.10 Å². The van der Waals surface area contributed by atoms with Crippen LogP contribution in [0.4, 0.5) is 14.7 Å². The first-order valence-corrected chi connectivity index (χ1v) is 3.53. The SMILES string of the molecule is Nc1nc(Br)n(CC(F)F)n1. The summed E-state index contributed by atoms with van der Waals surface area (Å²) >= 11 is 2.92. The van der Waals surface area contributed by atoms with Gasteiger partial charge in [0, 0.05) is 0 Å². The highest BCUT2D eigenvalue weighted by atomic mass is 79.9. The molecule has 0 bridgehead atoms. The Kier molecular flexibility index (Phi) is 2.38. The van der Waals surface area contributed by atoms with Gasteiger partial charge in [0.2, 0.25) is 5.95 Å². The highest BCUT2D eigenvalue weighted by Crippen LogP contribution is 2.09. The second kappa shape index (κ2) is 3.12. The molecule has 1 heterocycles. The van der Waals surface area contributed by atoms with Crippen LogP contribution >= 0.6 is 15.9 Å². The number of rotatable bonds is 2. The van der Waals surface area contributed by atoms with Crippen LogP contribution in [0, 0.1) is 0 Å². The Morgan fingerprint density at radius 3 is 2.64 bits per heavy atom. The number of alkyl halides is 2. The molecule has 0 amide bonds.